The molecule has 0 aliphatic rings. The normalized spacial score (nSPS) is 10.3. The average molecular weight is 299 g/mol. The zero-order chi connectivity index (χ0) is 15.8. The fourth-order valence-corrected chi connectivity index (χ4v) is 2.02. The van der Waals surface area contributed by atoms with Crippen LogP contribution >= 0.6 is 0 Å². The third kappa shape index (κ3) is 4.30. The first kappa shape index (κ1) is 16.0. The van der Waals surface area contributed by atoms with Crippen LogP contribution in [-0.4, -0.2) is 38.2 Å². The standard InChI is InChI=1S/C17H21N3O2/c1-20(15-7-4-3-5-8-15)17(21)14-9-10-16(19-13-14)18-11-6-12-22-2/h3-5,7-10,13H,6,11-12H2,1-2H3,(H,18,19). The molecular formula is C17H21N3O2. The van der Waals surface area contributed by atoms with E-state index in [1.807, 2.05) is 36.4 Å². The van der Waals surface area contributed by atoms with Crippen LogP contribution in [0.15, 0.2) is 48.7 Å². The molecule has 116 valence electrons. The number of methoxy groups -OCH3 is 1. The first-order valence-electron chi connectivity index (χ1n) is 7.24. The Bertz CT molecular complexity index is 585. The van der Waals surface area contributed by atoms with Gasteiger partial charge in [0.25, 0.3) is 5.91 Å². The van der Waals surface area contributed by atoms with Crippen LogP contribution in [0.2, 0.25) is 0 Å². The van der Waals surface area contributed by atoms with Gasteiger partial charge in [-0.1, -0.05) is 18.2 Å². The molecule has 1 heterocycles. The van der Waals surface area contributed by atoms with E-state index in [1.54, 1.807) is 31.3 Å². The highest BCUT2D eigenvalue weighted by Crippen LogP contribution is 2.15. The number of amides is 1. The zero-order valence-electron chi connectivity index (χ0n) is 13.0. The van der Waals surface area contributed by atoms with E-state index in [-0.39, 0.29) is 5.91 Å². The third-order valence-corrected chi connectivity index (χ3v) is 3.29. The van der Waals surface area contributed by atoms with Crippen LogP contribution in [-0.2, 0) is 4.74 Å². The lowest BCUT2D eigenvalue weighted by molar-refractivity contribution is 0.0992. The first-order valence-corrected chi connectivity index (χ1v) is 7.24. The lowest BCUT2D eigenvalue weighted by Gasteiger charge is -2.17. The summed E-state index contributed by atoms with van der Waals surface area (Å²) in [4.78, 5) is 18.3. The number of carbonyl (C=O) groups is 1. The lowest BCUT2D eigenvalue weighted by atomic mass is 10.2. The predicted octanol–water partition coefficient (Wildman–Crippen LogP) is 2.81. The number of benzene rings is 1. The largest absolute Gasteiger partial charge is 0.385 e. The highest BCUT2D eigenvalue weighted by Gasteiger charge is 2.13. The third-order valence-electron chi connectivity index (χ3n) is 3.29. The van der Waals surface area contributed by atoms with Crippen molar-refractivity contribution in [3.8, 4) is 0 Å². The second-order valence-electron chi connectivity index (χ2n) is 4.90. The van der Waals surface area contributed by atoms with Crippen LogP contribution in [0.4, 0.5) is 11.5 Å². The topological polar surface area (TPSA) is 54.5 Å². The molecule has 0 fully saturated rings. The highest BCUT2D eigenvalue weighted by atomic mass is 16.5. The number of hydrogen-bond acceptors (Lipinski definition) is 4. The minimum absolute atomic E-state index is 0.0790. The SMILES string of the molecule is COCCCNc1ccc(C(=O)N(C)c2ccccc2)cn1. The van der Waals surface area contributed by atoms with Crippen molar-refractivity contribution in [3.63, 3.8) is 0 Å². The van der Waals surface area contributed by atoms with Gasteiger partial charge in [-0.2, -0.15) is 0 Å². The van der Waals surface area contributed by atoms with E-state index in [2.05, 4.69) is 10.3 Å². The monoisotopic (exact) mass is 299 g/mol. The van der Waals surface area contributed by atoms with Gasteiger partial charge in [0.1, 0.15) is 5.82 Å². The van der Waals surface area contributed by atoms with Crippen molar-refractivity contribution in [2.45, 2.75) is 6.42 Å². The number of ether oxygens (including phenoxy) is 1. The Labute approximate surface area is 130 Å². The van der Waals surface area contributed by atoms with Gasteiger partial charge in [-0.3, -0.25) is 4.79 Å². The zero-order valence-corrected chi connectivity index (χ0v) is 13.0. The second-order valence-corrected chi connectivity index (χ2v) is 4.90. The van der Waals surface area contributed by atoms with Crippen molar-refractivity contribution in [2.75, 3.05) is 37.5 Å². The van der Waals surface area contributed by atoms with Crippen molar-refractivity contribution < 1.29 is 9.53 Å². The highest BCUT2D eigenvalue weighted by molar-refractivity contribution is 6.05. The van der Waals surface area contributed by atoms with Crippen molar-refractivity contribution >= 4 is 17.4 Å². The average Bonchev–Trinajstić information content (AvgIpc) is 2.59. The molecule has 1 aromatic carbocycles. The van der Waals surface area contributed by atoms with Crippen molar-refractivity contribution in [1.82, 2.24) is 4.98 Å². The summed E-state index contributed by atoms with van der Waals surface area (Å²) in [5, 5.41) is 3.19. The van der Waals surface area contributed by atoms with Gasteiger partial charge in [0.2, 0.25) is 0 Å². The summed E-state index contributed by atoms with van der Waals surface area (Å²) in [5.41, 5.74) is 1.42. The summed E-state index contributed by atoms with van der Waals surface area (Å²) >= 11 is 0. The fourth-order valence-electron chi connectivity index (χ4n) is 2.02. The van der Waals surface area contributed by atoms with Gasteiger partial charge >= 0.3 is 0 Å². The number of nitrogens with one attached hydrogen (secondary N) is 1. The minimum atomic E-state index is -0.0790. The number of pyridine rings is 1. The maximum Gasteiger partial charge on any atom is 0.259 e. The molecule has 1 aromatic heterocycles. The molecule has 1 N–H and O–H groups in total. The minimum Gasteiger partial charge on any atom is -0.385 e. The second kappa shape index (κ2) is 8.14. The molecule has 2 rings (SSSR count). The maximum atomic E-state index is 12.4. The van der Waals surface area contributed by atoms with Gasteiger partial charge < -0.3 is 15.0 Å². The molecule has 5 nitrogen and oxygen atoms in total. The first-order chi connectivity index (χ1) is 10.7. The molecule has 5 heteroatoms. The Morgan fingerprint density at radius 2 is 2.00 bits per heavy atom. The summed E-state index contributed by atoms with van der Waals surface area (Å²) < 4.78 is 4.99. The van der Waals surface area contributed by atoms with Crippen LogP contribution in [0.25, 0.3) is 0 Å². The van der Waals surface area contributed by atoms with E-state index in [4.69, 9.17) is 4.74 Å². The Morgan fingerprint density at radius 1 is 1.23 bits per heavy atom. The van der Waals surface area contributed by atoms with Crippen LogP contribution in [0.5, 0.6) is 0 Å². The summed E-state index contributed by atoms with van der Waals surface area (Å²) in [6.45, 7) is 1.50. The summed E-state index contributed by atoms with van der Waals surface area (Å²) in [6.07, 6.45) is 2.51. The van der Waals surface area contributed by atoms with Gasteiger partial charge in [-0.25, -0.2) is 4.98 Å². The summed E-state index contributed by atoms with van der Waals surface area (Å²) in [7, 11) is 3.44. The van der Waals surface area contributed by atoms with E-state index in [1.165, 1.54) is 0 Å². The quantitative estimate of drug-likeness (QED) is 0.799. The molecule has 0 radical (unpaired) electrons. The van der Waals surface area contributed by atoms with E-state index in [0.717, 1.165) is 24.5 Å². The Hall–Kier alpha value is -2.40. The Balaban J connectivity index is 1.96. The van der Waals surface area contributed by atoms with Crippen molar-refractivity contribution in [3.05, 3.63) is 54.2 Å². The van der Waals surface area contributed by atoms with E-state index < -0.39 is 0 Å². The summed E-state index contributed by atoms with van der Waals surface area (Å²) in [5.74, 6) is 0.680. The molecule has 0 spiro atoms. The van der Waals surface area contributed by atoms with E-state index in [0.29, 0.717) is 12.2 Å². The molecule has 22 heavy (non-hydrogen) atoms. The molecule has 0 atom stereocenters. The Morgan fingerprint density at radius 3 is 2.64 bits per heavy atom. The number of aromatic nitrogens is 1. The maximum absolute atomic E-state index is 12.4. The van der Waals surface area contributed by atoms with Gasteiger partial charge in [-0.15, -0.1) is 0 Å². The van der Waals surface area contributed by atoms with E-state index in [9.17, 15) is 4.79 Å². The number of rotatable bonds is 7. The fraction of sp³-hybridized carbons (Fsp3) is 0.294. The molecule has 0 saturated heterocycles. The molecule has 0 aliphatic heterocycles. The number of hydrogen-bond donors (Lipinski definition) is 1. The summed E-state index contributed by atoms with van der Waals surface area (Å²) in [6, 6.07) is 13.1. The number of anilines is 2. The van der Waals surface area contributed by atoms with E-state index >= 15 is 0 Å². The van der Waals surface area contributed by atoms with Gasteiger partial charge in [0.05, 0.1) is 5.56 Å². The van der Waals surface area contributed by atoms with Crippen LogP contribution in [0.1, 0.15) is 16.8 Å². The molecule has 0 unspecified atom stereocenters. The number of para-hydroxylation sites is 1. The van der Waals surface area contributed by atoms with Crippen LogP contribution in [0.3, 0.4) is 0 Å². The molecule has 0 saturated carbocycles. The van der Waals surface area contributed by atoms with Gasteiger partial charge in [0, 0.05) is 39.2 Å². The van der Waals surface area contributed by atoms with Crippen molar-refractivity contribution in [2.24, 2.45) is 0 Å². The molecule has 1 amide bonds. The predicted molar refractivity (Wildman–Crippen MR) is 88.4 cm³/mol. The van der Waals surface area contributed by atoms with Gasteiger partial charge in [0.15, 0.2) is 0 Å². The number of carbonyl (C=O) groups excluding carboxylic acids is 1. The molecule has 2 aromatic rings. The number of nitrogens with zero attached hydrogens (tertiary/aromatic N) is 2. The smallest absolute Gasteiger partial charge is 0.259 e. The lowest BCUT2D eigenvalue weighted by Crippen LogP contribution is -2.26. The molecular weight excluding hydrogens is 278 g/mol. The van der Waals surface area contributed by atoms with Crippen LogP contribution < -0.4 is 10.2 Å². The molecule has 0 aliphatic carbocycles. The van der Waals surface area contributed by atoms with Crippen molar-refractivity contribution in [1.29, 1.82) is 0 Å². The molecule has 0 bridgehead atoms. The van der Waals surface area contributed by atoms with Crippen LogP contribution in [0, 0.1) is 0 Å². The Kier molecular flexibility index (Phi) is 5.91. The van der Waals surface area contributed by atoms with Gasteiger partial charge in [-0.05, 0) is 30.7 Å².